The average molecular weight is 410 g/mol. The Morgan fingerprint density at radius 1 is 1.20 bits per heavy atom. The minimum Gasteiger partial charge on any atom is -0.488 e. The zero-order valence-corrected chi connectivity index (χ0v) is 17.5. The maximum Gasteiger partial charge on any atom is 0.332 e. The first-order chi connectivity index (χ1) is 14.5. The van der Waals surface area contributed by atoms with Crippen LogP contribution >= 0.6 is 0 Å². The summed E-state index contributed by atoms with van der Waals surface area (Å²) in [5, 5.41) is 0. The molecule has 8 nitrogen and oxygen atoms in total. The number of hydrogen-bond acceptors (Lipinski definition) is 5. The molecule has 1 aliphatic heterocycles. The lowest BCUT2D eigenvalue weighted by atomic mass is 10.2. The molecule has 0 spiro atoms. The van der Waals surface area contributed by atoms with E-state index in [1.54, 1.807) is 18.5 Å². The number of aromatic nitrogens is 4. The molecule has 4 rings (SSSR count). The number of imidazole rings is 1. The molecule has 1 saturated heterocycles. The second-order valence-electron chi connectivity index (χ2n) is 7.29. The maximum absolute atomic E-state index is 12.8. The quantitative estimate of drug-likeness (QED) is 0.623. The number of fused-ring (bicyclic) bond motifs is 1. The van der Waals surface area contributed by atoms with E-state index in [1.165, 1.54) is 9.13 Å². The van der Waals surface area contributed by atoms with Gasteiger partial charge in [0.1, 0.15) is 17.7 Å². The molecule has 0 bridgehead atoms. The van der Waals surface area contributed by atoms with Gasteiger partial charge in [-0.2, -0.15) is 0 Å². The van der Waals surface area contributed by atoms with Crippen LogP contribution in [0.15, 0.2) is 33.9 Å². The minimum atomic E-state index is -0.327. The van der Waals surface area contributed by atoms with Gasteiger partial charge in [0.05, 0.1) is 13.2 Å². The van der Waals surface area contributed by atoms with Crippen LogP contribution in [-0.4, -0.2) is 38.0 Å². The molecule has 3 heterocycles. The molecule has 0 unspecified atom stereocenters. The Hall–Kier alpha value is -3.13. The van der Waals surface area contributed by atoms with Crippen LogP contribution in [0.3, 0.4) is 0 Å². The fourth-order valence-corrected chi connectivity index (χ4v) is 3.75. The maximum atomic E-state index is 12.8. The highest BCUT2D eigenvalue weighted by Gasteiger charge is 2.18. The van der Waals surface area contributed by atoms with Crippen LogP contribution in [0.2, 0.25) is 0 Å². The van der Waals surface area contributed by atoms with Crippen molar-refractivity contribution in [2.75, 3.05) is 13.2 Å². The summed E-state index contributed by atoms with van der Waals surface area (Å²) in [7, 11) is 1.79. The Bertz CT molecular complexity index is 1210. The predicted octanol–water partition coefficient (Wildman–Crippen LogP) is 2.27. The molecule has 1 aliphatic rings. The Kier molecular flexibility index (Phi) is 5.59. The topological polar surface area (TPSA) is 80.3 Å². The first kappa shape index (κ1) is 20.2. The van der Waals surface area contributed by atoms with Gasteiger partial charge in [0.25, 0.3) is 5.56 Å². The van der Waals surface area contributed by atoms with E-state index in [0.29, 0.717) is 36.7 Å². The molecule has 0 saturated carbocycles. The van der Waals surface area contributed by atoms with Crippen molar-refractivity contribution in [2.45, 2.75) is 39.5 Å². The molecule has 0 amide bonds. The van der Waals surface area contributed by atoms with Crippen LogP contribution in [0.5, 0.6) is 5.75 Å². The molecule has 2 aromatic heterocycles. The van der Waals surface area contributed by atoms with E-state index >= 15 is 0 Å². The van der Waals surface area contributed by atoms with Gasteiger partial charge in [-0.15, -0.1) is 0 Å². The van der Waals surface area contributed by atoms with Gasteiger partial charge in [0.15, 0.2) is 11.2 Å². The largest absolute Gasteiger partial charge is 0.488 e. The number of ether oxygens (including phenoxy) is 2. The number of nitrogens with zero attached hydrogens (tertiary/aromatic N) is 4. The second kappa shape index (κ2) is 8.31. The Labute approximate surface area is 174 Å². The summed E-state index contributed by atoms with van der Waals surface area (Å²) in [4.78, 5) is 30.0. The van der Waals surface area contributed by atoms with Crippen LogP contribution in [-0.2, 0) is 24.9 Å². The lowest BCUT2D eigenvalue weighted by Gasteiger charge is -2.11. The lowest BCUT2D eigenvalue weighted by molar-refractivity contribution is 0.141. The number of aryl methyl sites for hydroxylation is 2. The predicted molar refractivity (Wildman–Crippen MR) is 116 cm³/mol. The molecule has 30 heavy (non-hydrogen) atoms. The van der Waals surface area contributed by atoms with Gasteiger partial charge in [-0.25, -0.2) is 9.78 Å². The van der Waals surface area contributed by atoms with E-state index in [9.17, 15) is 9.59 Å². The van der Waals surface area contributed by atoms with E-state index in [-0.39, 0.29) is 17.4 Å². The third-order valence-electron chi connectivity index (χ3n) is 5.38. The van der Waals surface area contributed by atoms with Gasteiger partial charge < -0.3 is 14.0 Å². The van der Waals surface area contributed by atoms with Crippen molar-refractivity contribution in [1.29, 1.82) is 0 Å². The highest BCUT2D eigenvalue weighted by Crippen LogP contribution is 2.20. The molecule has 1 aromatic carbocycles. The standard InChI is InChI=1S/C22H26N4O4/c1-4-25-20-19(21(27)26(5-2)22(25)28)24(3)18(23-20)10-9-15-7-6-8-16(13-15)30-17-11-12-29-14-17/h6-10,13,17H,4-5,11-12,14H2,1-3H3/b10-9+/t17-/m1/s1. The van der Waals surface area contributed by atoms with E-state index in [1.807, 2.05) is 43.3 Å². The molecule has 3 aromatic rings. The van der Waals surface area contributed by atoms with E-state index in [4.69, 9.17) is 9.47 Å². The van der Waals surface area contributed by atoms with Crippen LogP contribution in [0.1, 0.15) is 31.7 Å². The fraction of sp³-hybridized carbons (Fsp3) is 0.409. The summed E-state index contributed by atoms with van der Waals surface area (Å²) >= 11 is 0. The molecule has 0 radical (unpaired) electrons. The molecule has 0 aliphatic carbocycles. The average Bonchev–Trinajstić information content (AvgIpc) is 3.35. The van der Waals surface area contributed by atoms with Crippen LogP contribution in [0.4, 0.5) is 0 Å². The Morgan fingerprint density at radius 3 is 2.70 bits per heavy atom. The molecule has 1 atom stereocenters. The highest BCUT2D eigenvalue weighted by molar-refractivity contribution is 5.76. The molecule has 0 N–H and O–H groups in total. The molecule has 8 heteroatoms. The van der Waals surface area contributed by atoms with Gasteiger partial charge in [0.2, 0.25) is 0 Å². The van der Waals surface area contributed by atoms with Crippen molar-refractivity contribution in [3.63, 3.8) is 0 Å². The third kappa shape index (κ3) is 3.59. The molecule has 1 fully saturated rings. The summed E-state index contributed by atoms with van der Waals surface area (Å²) in [6.07, 6.45) is 4.76. The van der Waals surface area contributed by atoms with Crippen molar-refractivity contribution >= 4 is 23.3 Å². The van der Waals surface area contributed by atoms with Crippen molar-refractivity contribution in [1.82, 2.24) is 18.7 Å². The monoisotopic (exact) mass is 410 g/mol. The van der Waals surface area contributed by atoms with Gasteiger partial charge in [-0.05, 0) is 37.6 Å². The molecular weight excluding hydrogens is 384 g/mol. The van der Waals surface area contributed by atoms with Crippen LogP contribution < -0.4 is 16.0 Å². The van der Waals surface area contributed by atoms with E-state index in [2.05, 4.69) is 4.98 Å². The SMILES string of the molecule is CCn1c(=O)c2c(nc(/C=C/c3cccc(O[C@@H]4CCOC4)c3)n2C)n(CC)c1=O. The Balaban J connectivity index is 1.70. The number of rotatable bonds is 6. The normalized spacial score (nSPS) is 16.7. The van der Waals surface area contributed by atoms with Crippen molar-refractivity contribution < 1.29 is 9.47 Å². The van der Waals surface area contributed by atoms with Gasteiger partial charge in [-0.3, -0.25) is 13.9 Å². The molecular formula is C22H26N4O4. The van der Waals surface area contributed by atoms with E-state index < -0.39 is 0 Å². The third-order valence-corrected chi connectivity index (χ3v) is 5.38. The zero-order valence-electron chi connectivity index (χ0n) is 17.5. The van der Waals surface area contributed by atoms with Crippen molar-refractivity contribution in [3.8, 4) is 5.75 Å². The minimum absolute atomic E-state index is 0.0931. The summed E-state index contributed by atoms with van der Waals surface area (Å²) in [5.41, 5.74) is 1.16. The van der Waals surface area contributed by atoms with Gasteiger partial charge in [-0.1, -0.05) is 18.2 Å². The van der Waals surface area contributed by atoms with Crippen LogP contribution in [0, 0.1) is 0 Å². The van der Waals surface area contributed by atoms with Gasteiger partial charge in [0, 0.05) is 26.6 Å². The van der Waals surface area contributed by atoms with E-state index in [0.717, 1.165) is 24.3 Å². The summed E-state index contributed by atoms with van der Waals surface area (Å²) < 4.78 is 15.8. The van der Waals surface area contributed by atoms with Crippen molar-refractivity contribution in [2.24, 2.45) is 7.05 Å². The Morgan fingerprint density at radius 2 is 2.00 bits per heavy atom. The summed E-state index contributed by atoms with van der Waals surface area (Å²) in [6, 6.07) is 7.80. The first-order valence-electron chi connectivity index (χ1n) is 10.3. The second-order valence-corrected chi connectivity index (χ2v) is 7.29. The van der Waals surface area contributed by atoms with Crippen LogP contribution in [0.25, 0.3) is 23.3 Å². The highest BCUT2D eigenvalue weighted by atomic mass is 16.5. The van der Waals surface area contributed by atoms with Gasteiger partial charge >= 0.3 is 5.69 Å². The summed E-state index contributed by atoms with van der Waals surface area (Å²) in [5.74, 6) is 1.40. The lowest BCUT2D eigenvalue weighted by Crippen LogP contribution is -2.39. The first-order valence-corrected chi connectivity index (χ1v) is 10.3. The number of hydrogen-bond donors (Lipinski definition) is 0. The fourth-order valence-electron chi connectivity index (χ4n) is 3.75. The zero-order chi connectivity index (χ0) is 21.3. The van der Waals surface area contributed by atoms with Crippen molar-refractivity contribution in [3.05, 3.63) is 56.5 Å². The molecule has 158 valence electrons. The summed E-state index contributed by atoms with van der Waals surface area (Å²) in [6.45, 7) is 5.78. The smallest absolute Gasteiger partial charge is 0.332 e. The number of benzene rings is 1.